The van der Waals surface area contributed by atoms with Crippen molar-refractivity contribution in [1.82, 2.24) is 10.2 Å². The van der Waals surface area contributed by atoms with Crippen molar-refractivity contribution in [1.29, 1.82) is 0 Å². The number of carbonyl (C=O) groups excluding carboxylic acids is 1. The molecule has 0 bridgehead atoms. The molecule has 1 amide bonds. The van der Waals surface area contributed by atoms with Crippen LogP contribution < -0.4 is 5.32 Å². The van der Waals surface area contributed by atoms with Crippen LogP contribution in [0.1, 0.15) is 38.7 Å². The van der Waals surface area contributed by atoms with Crippen molar-refractivity contribution in [3.63, 3.8) is 0 Å². The fraction of sp³-hybridized carbons (Fsp3) is 0.562. The maximum Gasteiger partial charge on any atom is 0.221 e. The zero-order valence-corrected chi connectivity index (χ0v) is 11.9. The van der Waals surface area contributed by atoms with Crippen molar-refractivity contribution in [3.8, 4) is 0 Å². The summed E-state index contributed by atoms with van der Waals surface area (Å²) in [5.74, 6) is 0.196. The summed E-state index contributed by atoms with van der Waals surface area (Å²) in [6.07, 6.45) is 2.91. The van der Waals surface area contributed by atoms with E-state index in [1.807, 2.05) is 6.07 Å². The van der Waals surface area contributed by atoms with E-state index in [9.17, 15) is 4.79 Å². The van der Waals surface area contributed by atoms with Crippen LogP contribution in [-0.4, -0.2) is 29.4 Å². The zero-order chi connectivity index (χ0) is 13.7. The molecule has 1 aromatic carbocycles. The Balaban J connectivity index is 1.80. The first-order valence-electron chi connectivity index (χ1n) is 7.22. The van der Waals surface area contributed by atoms with E-state index in [1.165, 1.54) is 5.56 Å². The summed E-state index contributed by atoms with van der Waals surface area (Å²) >= 11 is 0. The Morgan fingerprint density at radius 2 is 2.00 bits per heavy atom. The molecule has 0 unspecified atom stereocenters. The zero-order valence-electron chi connectivity index (χ0n) is 11.9. The van der Waals surface area contributed by atoms with Crippen LogP contribution in [0.25, 0.3) is 0 Å². The van der Waals surface area contributed by atoms with E-state index in [0.29, 0.717) is 18.5 Å². The minimum Gasteiger partial charge on any atom is -0.353 e. The predicted octanol–water partition coefficient (Wildman–Crippen LogP) is 2.57. The summed E-state index contributed by atoms with van der Waals surface area (Å²) in [6, 6.07) is 11.4. The van der Waals surface area contributed by atoms with Crippen LogP contribution in [0.3, 0.4) is 0 Å². The smallest absolute Gasteiger partial charge is 0.221 e. The lowest BCUT2D eigenvalue weighted by molar-refractivity contribution is -0.121. The number of carbonyl (C=O) groups is 1. The van der Waals surface area contributed by atoms with Gasteiger partial charge < -0.3 is 5.32 Å². The second-order valence-electron chi connectivity index (χ2n) is 5.64. The van der Waals surface area contributed by atoms with Gasteiger partial charge in [-0.1, -0.05) is 30.3 Å². The molecule has 0 heterocycles. The first-order chi connectivity index (χ1) is 9.15. The molecule has 1 aliphatic rings. The molecule has 2 rings (SSSR count). The average molecular weight is 260 g/mol. The van der Waals surface area contributed by atoms with Gasteiger partial charge in [0.1, 0.15) is 0 Å². The summed E-state index contributed by atoms with van der Waals surface area (Å²) < 4.78 is 0. The van der Waals surface area contributed by atoms with Gasteiger partial charge in [0.2, 0.25) is 5.91 Å². The lowest BCUT2D eigenvalue weighted by Gasteiger charge is -2.26. The summed E-state index contributed by atoms with van der Waals surface area (Å²) in [5, 5.41) is 3.05. The lowest BCUT2D eigenvalue weighted by Crippen LogP contribution is -2.35. The lowest BCUT2D eigenvalue weighted by atomic mass is 10.2. The molecule has 1 aromatic rings. The van der Waals surface area contributed by atoms with Crippen molar-refractivity contribution in [2.24, 2.45) is 0 Å². The van der Waals surface area contributed by atoms with Gasteiger partial charge >= 0.3 is 0 Å². The van der Waals surface area contributed by atoms with E-state index >= 15 is 0 Å². The summed E-state index contributed by atoms with van der Waals surface area (Å²) in [4.78, 5) is 14.1. The third-order valence-electron chi connectivity index (χ3n) is 3.53. The molecule has 19 heavy (non-hydrogen) atoms. The predicted molar refractivity (Wildman–Crippen MR) is 77.8 cm³/mol. The number of benzene rings is 1. The van der Waals surface area contributed by atoms with Crippen molar-refractivity contribution >= 4 is 5.91 Å². The molecular weight excluding hydrogens is 236 g/mol. The van der Waals surface area contributed by atoms with Crippen LogP contribution >= 0.6 is 0 Å². The molecule has 104 valence electrons. The molecular formula is C16H24N2O. The van der Waals surface area contributed by atoms with Crippen LogP contribution in [0, 0.1) is 0 Å². The van der Waals surface area contributed by atoms with E-state index < -0.39 is 0 Å². The number of hydrogen-bond donors (Lipinski definition) is 1. The van der Waals surface area contributed by atoms with E-state index in [2.05, 4.69) is 48.3 Å². The van der Waals surface area contributed by atoms with E-state index in [-0.39, 0.29) is 5.91 Å². The second kappa shape index (κ2) is 6.71. The van der Waals surface area contributed by atoms with E-state index in [4.69, 9.17) is 0 Å². The fourth-order valence-corrected chi connectivity index (χ4v) is 2.11. The normalized spacial score (nSPS) is 14.9. The molecule has 3 heteroatoms. The standard InChI is InChI=1S/C16H24N2O/c1-13(2)18(12-14-6-4-3-5-7-14)11-10-16(19)17-15-8-9-15/h3-7,13,15H,8-12H2,1-2H3,(H,17,19). The number of nitrogens with zero attached hydrogens (tertiary/aromatic N) is 1. The van der Waals surface area contributed by atoms with Gasteiger partial charge in [-0.2, -0.15) is 0 Å². The Morgan fingerprint density at radius 1 is 1.32 bits per heavy atom. The van der Waals surface area contributed by atoms with Gasteiger partial charge in [0.25, 0.3) is 0 Å². The monoisotopic (exact) mass is 260 g/mol. The van der Waals surface area contributed by atoms with Crippen molar-refractivity contribution < 1.29 is 4.79 Å². The van der Waals surface area contributed by atoms with Gasteiger partial charge in [0.05, 0.1) is 0 Å². The molecule has 0 radical (unpaired) electrons. The van der Waals surface area contributed by atoms with Gasteiger partial charge in [-0.25, -0.2) is 0 Å². The van der Waals surface area contributed by atoms with Crippen LogP contribution in [0.5, 0.6) is 0 Å². The first-order valence-corrected chi connectivity index (χ1v) is 7.22. The van der Waals surface area contributed by atoms with Crippen molar-refractivity contribution in [2.45, 2.75) is 51.7 Å². The Morgan fingerprint density at radius 3 is 2.58 bits per heavy atom. The highest BCUT2D eigenvalue weighted by atomic mass is 16.1. The highest BCUT2D eigenvalue weighted by molar-refractivity contribution is 5.76. The van der Waals surface area contributed by atoms with Gasteiger partial charge in [-0.3, -0.25) is 9.69 Å². The Kier molecular flexibility index (Phi) is 4.97. The van der Waals surface area contributed by atoms with E-state index in [0.717, 1.165) is 25.9 Å². The largest absolute Gasteiger partial charge is 0.353 e. The van der Waals surface area contributed by atoms with Crippen LogP contribution in [0.4, 0.5) is 0 Å². The maximum atomic E-state index is 11.7. The van der Waals surface area contributed by atoms with Crippen LogP contribution in [-0.2, 0) is 11.3 Å². The Labute approximate surface area is 116 Å². The molecule has 1 fully saturated rings. The van der Waals surface area contributed by atoms with Gasteiger partial charge in [0, 0.05) is 31.6 Å². The average Bonchev–Trinajstić information content (AvgIpc) is 3.19. The molecule has 0 aromatic heterocycles. The summed E-state index contributed by atoms with van der Waals surface area (Å²) in [7, 11) is 0. The topological polar surface area (TPSA) is 32.3 Å². The molecule has 0 saturated heterocycles. The molecule has 3 nitrogen and oxygen atoms in total. The third kappa shape index (κ3) is 5.03. The number of amides is 1. The highest BCUT2D eigenvalue weighted by Crippen LogP contribution is 2.18. The summed E-state index contributed by atoms with van der Waals surface area (Å²) in [5.41, 5.74) is 1.30. The van der Waals surface area contributed by atoms with Crippen molar-refractivity contribution in [3.05, 3.63) is 35.9 Å². The quantitative estimate of drug-likeness (QED) is 0.817. The Bertz CT molecular complexity index is 398. The SMILES string of the molecule is CC(C)N(CCC(=O)NC1CC1)Cc1ccccc1. The maximum absolute atomic E-state index is 11.7. The second-order valence-corrected chi connectivity index (χ2v) is 5.64. The van der Waals surface area contributed by atoms with Gasteiger partial charge in [-0.15, -0.1) is 0 Å². The number of nitrogens with one attached hydrogen (secondary N) is 1. The molecule has 1 N–H and O–H groups in total. The van der Waals surface area contributed by atoms with Crippen LogP contribution in [0.15, 0.2) is 30.3 Å². The molecule has 1 aliphatic carbocycles. The molecule has 0 spiro atoms. The summed E-state index contributed by atoms with van der Waals surface area (Å²) in [6.45, 7) is 6.10. The van der Waals surface area contributed by atoms with Gasteiger partial charge in [0.15, 0.2) is 0 Å². The Hall–Kier alpha value is -1.35. The highest BCUT2D eigenvalue weighted by Gasteiger charge is 2.23. The third-order valence-corrected chi connectivity index (χ3v) is 3.53. The minimum atomic E-state index is 0.196. The van der Waals surface area contributed by atoms with Crippen LogP contribution in [0.2, 0.25) is 0 Å². The molecule has 0 atom stereocenters. The van der Waals surface area contributed by atoms with Gasteiger partial charge in [-0.05, 0) is 32.3 Å². The first kappa shape index (κ1) is 14.1. The van der Waals surface area contributed by atoms with E-state index in [1.54, 1.807) is 0 Å². The minimum absolute atomic E-state index is 0.196. The number of hydrogen-bond acceptors (Lipinski definition) is 2. The number of rotatable bonds is 7. The van der Waals surface area contributed by atoms with Crippen molar-refractivity contribution in [2.75, 3.05) is 6.54 Å². The fourth-order valence-electron chi connectivity index (χ4n) is 2.11. The molecule has 1 saturated carbocycles. The molecule has 0 aliphatic heterocycles.